The van der Waals surface area contributed by atoms with Gasteiger partial charge in [0.1, 0.15) is 11.5 Å². The summed E-state index contributed by atoms with van der Waals surface area (Å²) in [6.07, 6.45) is 7.16. The lowest BCUT2D eigenvalue weighted by molar-refractivity contribution is 0.0726. The molecule has 1 saturated heterocycles. The molecular formula is C24H29N5O2. The number of rotatable bonds is 3. The van der Waals surface area contributed by atoms with Crippen LogP contribution in [-0.2, 0) is 24.9 Å². The molecule has 0 unspecified atom stereocenters. The van der Waals surface area contributed by atoms with E-state index in [0.29, 0.717) is 30.8 Å². The van der Waals surface area contributed by atoms with Crippen LogP contribution in [0, 0.1) is 12.8 Å². The molecule has 2 aromatic rings. The molecule has 1 amide bonds. The number of hydrogen-bond donors (Lipinski definition) is 0. The Hall–Kier alpha value is -2.54. The third-order valence-electron chi connectivity index (χ3n) is 7.67. The fourth-order valence-corrected chi connectivity index (χ4v) is 5.72. The molecule has 0 N–H and O–H groups in total. The fraction of sp³-hybridized carbons (Fsp3) is 0.583. The van der Waals surface area contributed by atoms with Gasteiger partial charge in [-0.3, -0.25) is 19.1 Å². The summed E-state index contributed by atoms with van der Waals surface area (Å²) < 4.78 is 1.92. The number of hydrogen-bond acceptors (Lipinski definition) is 5. The van der Waals surface area contributed by atoms with Crippen LogP contribution < -0.4 is 5.56 Å². The first-order chi connectivity index (χ1) is 15.0. The van der Waals surface area contributed by atoms with Gasteiger partial charge in [0.2, 0.25) is 0 Å². The molecule has 1 saturated carbocycles. The van der Waals surface area contributed by atoms with E-state index in [1.807, 2.05) is 23.6 Å². The quantitative estimate of drug-likeness (QED) is 0.760. The highest BCUT2D eigenvalue weighted by molar-refractivity contribution is 5.92. The van der Waals surface area contributed by atoms with Crippen molar-refractivity contribution in [3.8, 4) is 0 Å². The summed E-state index contributed by atoms with van der Waals surface area (Å²) in [5, 5.41) is 0. The standard InChI is InChI=1S/C24H29N5O2/c1-16-4-8-25-20(12-16)22(31)28-9-5-19-18(14-28)21(30)29-11-7-24(23(29)26-19)6-10-27(15-24)13-17-2-3-17/h4,8,12,17H,2-3,5-7,9-11,13-15H2,1H3/t24-/m0/s1. The number of aromatic nitrogens is 3. The van der Waals surface area contributed by atoms with Crippen LogP contribution in [0.25, 0.3) is 0 Å². The third-order valence-corrected chi connectivity index (χ3v) is 7.67. The van der Waals surface area contributed by atoms with Gasteiger partial charge in [-0.1, -0.05) is 0 Å². The summed E-state index contributed by atoms with van der Waals surface area (Å²) in [6.45, 7) is 6.98. The molecule has 0 bridgehead atoms. The minimum absolute atomic E-state index is 0.0432. The third kappa shape index (κ3) is 3.21. The zero-order valence-corrected chi connectivity index (χ0v) is 18.1. The minimum Gasteiger partial charge on any atom is -0.332 e. The van der Waals surface area contributed by atoms with Gasteiger partial charge in [0.15, 0.2) is 0 Å². The van der Waals surface area contributed by atoms with E-state index in [9.17, 15) is 9.59 Å². The van der Waals surface area contributed by atoms with E-state index in [1.165, 1.54) is 19.4 Å². The zero-order chi connectivity index (χ0) is 21.2. The van der Waals surface area contributed by atoms with Crippen LogP contribution in [0.4, 0.5) is 0 Å². The number of aryl methyl sites for hydroxylation is 1. The van der Waals surface area contributed by atoms with Crippen molar-refractivity contribution in [1.82, 2.24) is 24.3 Å². The van der Waals surface area contributed by atoms with Crippen LogP contribution in [0.15, 0.2) is 23.1 Å². The highest BCUT2D eigenvalue weighted by Gasteiger charge is 2.47. The Morgan fingerprint density at radius 3 is 2.87 bits per heavy atom. The molecule has 1 spiro atoms. The van der Waals surface area contributed by atoms with Crippen molar-refractivity contribution < 1.29 is 4.79 Å². The normalized spacial score (nSPS) is 25.1. The zero-order valence-electron chi connectivity index (χ0n) is 18.1. The number of likely N-dealkylation sites (tertiary alicyclic amines) is 1. The molecule has 6 rings (SSSR count). The summed E-state index contributed by atoms with van der Waals surface area (Å²) in [6, 6.07) is 3.69. The maximum atomic E-state index is 13.4. The van der Waals surface area contributed by atoms with Crippen molar-refractivity contribution in [2.75, 3.05) is 26.2 Å². The molecule has 31 heavy (non-hydrogen) atoms. The van der Waals surface area contributed by atoms with Crippen LogP contribution in [0.1, 0.15) is 58.8 Å². The Bertz CT molecular complexity index is 1120. The summed E-state index contributed by atoms with van der Waals surface area (Å²) in [4.78, 5) is 40.1. The van der Waals surface area contributed by atoms with Gasteiger partial charge in [0, 0.05) is 44.2 Å². The molecule has 7 nitrogen and oxygen atoms in total. The Labute approximate surface area is 182 Å². The van der Waals surface area contributed by atoms with Crippen molar-refractivity contribution in [1.29, 1.82) is 0 Å². The second-order valence-corrected chi connectivity index (χ2v) is 9.97. The first-order valence-electron chi connectivity index (χ1n) is 11.6. The van der Waals surface area contributed by atoms with Crippen molar-refractivity contribution in [3.05, 3.63) is 57.0 Å². The van der Waals surface area contributed by atoms with Crippen molar-refractivity contribution in [2.24, 2.45) is 5.92 Å². The molecule has 5 heterocycles. The highest BCUT2D eigenvalue weighted by Crippen LogP contribution is 2.42. The lowest BCUT2D eigenvalue weighted by Crippen LogP contribution is -2.42. The van der Waals surface area contributed by atoms with E-state index < -0.39 is 0 Å². The first-order valence-corrected chi connectivity index (χ1v) is 11.6. The van der Waals surface area contributed by atoms with Gasteiger partial charge in [-0.15, -0.1) is 0 Å². The van der Waals surface area contributed by atoms with Crippen molar-refractivity contribution in [2.45, 2.75) is 57.5 Å². The van der Waals surface area contributed by atoms with Gasteiger partial charge < -0.3 is 9.80 Å². The van der Waals surface area contributed by atoms with Gasteiger partial charge in [-0.05, 0) is 62.8 Å². The minimum atomic E-state index is -0.109. The van der Waals surface area contributed by atoms with Crippen molar-refractivity contribution in [3.63, 3.8) is 0 Å². The SMILES string of the molecule is Cc1ccnc(C(=O)N2CCc3nc4n(c(=O)c3C2)CC[C@]42CCN(CC3CC3)C2)c1. The molecule has 2 fully saturated rings. The highest BCUT2D eigenvalue weighted by atomic mass is 16.2. The first kappa shape index (κ1) is 19.2. The average Bonchev–Trinajstić information content (AvgIpc) is 3.39. The van der Waals surface area contributed by atoms with E-state index in [1.54, 1.807) is 11.1 Å². The summed E-state index contributed by atoms with van der Waals surface area (Å²) in [7, 11) is 0. The van der Waals surface area contributed by atoms with Crippen LogP contribution in [0.2, 0.25) is 0 Å². The Kier molecular flexibility index (Phi) is 4.32. The van der Waals surface area contributed by atoms with E-state index in [0.717, 1.165) is 55.5 Å². The number of nitrogens with zero attached hydrogens (tertiary/aromatic N) is 5. The number of carbonyl (C=O) groups is 1. The molecule has 7 heteroatoms. The maximum Gasteiger partial charge on any atom is 0.272 e. The van der Waals surface area contributed by atoms with Crippen LogP contribution in [0.5, 0.6) is 0 Å². The van der Waals surface area contributed by atoms with E-state index in [2.05, 4.69) is 9.88 Å². The predicted molar refractivity (Wildman–Crippen MR) is 116 cm³/mol. The molecular weight excluding hydrogens is 390 g/mol. The Morgan fingerprint density at radius 2 is 2.06 bits per heavy atom. The maximum absolute atomic E-state index is 13.4. The summed E-state index contributed by atoms with van der Waals surface area (Å²) >= 11 is 0. The average molecular weight is 420 g/mol. The molecule has 1 aliphatic carbocycles. The molecule has 162 valence electrons. The summed E-state index contributed by atoms with van der Waals surface area (Å²) in [5.74, 6) is 1.79. The Morgan fingerprint density at radius 1 is 1.23 bits per heavy atom. The lowest BCUT2D eigenvalue weighted by atomic mass is 9.85. The molecule has 0 radical (unpaired) electrons. The van der Waals surface area contributed by atoms with E-state index in [4.69, 9.17) is 4.98 Å². The largest absolute Gasteiger partial charge is 0.332 e. The van der Waals surface area contributed by atoms with Gasteiger partial charge in [0.05, 0.1) is 17.8 Å². The molecule has 0 aromatic carbocycles. The lowest BCUT2D eigenvalue weighted by Gasteiger charge is -2.29. The number of amides is 1. The van der Waals surface area contributed by atoms with Gasteiger partial charge >= 0.3 is 0 Å². The molecule has 4 aliphatic rings. The van der Waals surface area contributed by atoms with E-state index in [-0.39, 0.29) is 16.9 Å². The second kappa shape index (κ2) is 6.99. The predicted octanol–water partition coefficient (Wildman–Crippen LogP) is 1.90. The van der Waals surface area contributed by atoms with E-state index >= 15 is 0 Å². The van der Waals surface area contributed by atoms with Crippen molar-refractivity contribution >= 4 is 5.91 Å². The second-order valence-electron chi connectivity index (χ2n) is 9.97. The number of fused-ring (bicyclic) bond motifs is 3. The fourth-order valence-electron chi connectivity index (χ4n) is 5.72. The van der Waals surface area contributed by atoms with Crippen LogP contribution in [-0.4, -0.2) is 56.4 Å². The number of pyridine rings is 1. The Balaban J connectivity index is 1.28. The monoisotopic (exact) mass is 419 g/mol. The van der Waals surface area contributed by atoms with Gasteiger partial charge in [-0.2, -0.15) is 0 Å². The summed E-state index contributed by atoms with van der Waals surface area (Å²) in [5.41, 5.74) is 3.15. The van der Waals surface area contributed by atoms with Crippen LogP contribution >= 0.6 is 0 Å². The van der Waals surface area contributed by atoms with Gasteiger partial charge in [0.25, 0.3) is 11.5 Å². The molecule has 2 aromatic heterocycles. The molecule has 3 aliphatic heterocycles. The van der Waals surface area contributed by atoms with Crippen LogP contribution in [0.3, 0.4) is 0 Å². The smallest absolute Gasteiger partial charge is 0.272 e. The molecule has 1 atom stereocenters. The number of carbonyl (C=O) groups excluding carboxylic acids is 1. The topological polar surface area (TPSA) is 71.3 Å². The van der Waals surface area contributed by atoms with Gasteiger partial charge in [-0.25, -0.2) is 4.98 Å².